The number of oxime groups is 1. The van der Waals surface area contributed by atoms with Crippen LogP contribution in [-0.2, 0) is 11.4 Å². The topological polar surface area (TPSA) is 63.2 Å². The number of nitrogens with zero attached hydrogens (tertiary/aromatic N) is 2. The molecule has 0 bridgehead atoms. The summed E-state index contributed by atoms with van der Waals surface area (Å²) in [6, 6.07) is 25.8. The number of hydrogen-bond donors (Lipinski definition) is 1. The first-order chi connectivity index (χ1) is 16.6. The summed E-state index contributed by atoms with van der Waals surface area (Å²) in [6.07, 6.45) is 2.33. The predicted octanol–water partition coefficient (Wildman–Crippen LogP) is 5.77. The van der Waals surface area contributed by atoms with E-state index < -0.39 is 0 Å². The lowest BCUT2D eigenvalue weighted by Gasteiger charge is -2.37. The Balaban J connectivity index is 1.10. The molecular formula is C28H29N3O3. The molecular weight excluding hydrogens is 426 g/mol. The Morgan fingerprint density at radius 1 is 1.00 bits per heavy atom. The van der Waals surface area contributed by atoms with Gasteiger partial charge in [0.15, 0.2) is 0 Å². The van der Waals surface area contributed by atoms with Crippen molar-refractivity contribution in [2.45, 2.75) is 38.4 Å². The van der Waals surface area contributed by atoms with Gasteiger partial charge in [-0.3, -0.25) is 0 Å². The van der Waals surface area contributed by atoms with E-state index in [-0.39, 0.29) is 11.6 Å². The lowest BCUT2D eigenvalue weighted by Crippen LogP contribution is -2.48. The average molecular weight is 456 g/mol. The summed E-state index contributed by atoms with van der Waals surface area (Å²) in [5.41, 5.74) is 4.90. The first-order valence-electron chi connectivity index (χ1n) is 11.7. The second-order valence-electron chi connectivity index (χ2n) is 9.07. The normalized spacial score (nSPS) is 16.6. The predicted molar refractivity (Wildman–Crippen MR) is 133 cm³/mol. The summed E-state index contributed by atoms with van der Waals surface area (Å²) in [7, 11) is 0. The third-order valence-electron chi connectivity index (χ3n) is 6.54. The van der Waals surface area contributed by atoms with Crippen molar-refractivity contribution in [3.8, 4) is 5.75 Å². The zero-order valence-corrected chi connectivity index (χ0v) is 19.4. The Labute approximate surface area is 200 Å². The van der Waals surface area contributed by atoms with Gasteiger partial charge in [0, 0.05) is 38.0 Å². The van der Waals surface area contributed by atoms with Crippen LogP contribution in [0.4, 0.5) is 10.5 Å². The molecule has 5 rings (SSSR count). The fourth-order valence-corrected chi connectivity index (χ4v) is 4.39. The molecule has 1 fully saturated rings. The van der Waals surface area contributed by atoms with Crippen molar-refractivity contribution in [2.75, 3.05) is 18.4 Å². The van der Waals surface area contributed by atoms with Gasteiger partial charge in [-0.05, 0) is 42.3 Å². The number of amides is 2. The smallest absolute Gasteiger partial charge is 0.321 e. The van der Waals surface area contributed by atoms with Gasteiger partial charge < -0.3 is 19.8 Å². The van der Waals surface area contributed by atoms with E-state index in [9.17, 15) is 4.79 Å². The third-order valence-corrected chi connectivity index (χ3v) is 6.54. The van der Waals surface area contributed by atoms with E-state index in [1.165, 1.54) is 5.56 Å². The van der Waals surface area contributed by atoms with Gasteiger partial charge in [-0.15, -0.1) is 0 Å². The molecule has 1 saturated heterocycles. The minimum absolute atomic E-state index is 0.0922. The molecule has 0 radical (unpaired) electrons. The van der Waals surface area contributed by atoms with E-state index in [4.69, 9.17) is 9.57 Å². The Morgan fingerprint density at radius 3 is 2.41 bits per heavy atom. The molecule has 0 aliphatic carbocycles. The molecule has 2 aliphatic rings. The maximum Gasteiger partial charge on any atom is 0.321 e. The van der Waals surface area contributed by atoms with Crippen LogP contribution in [0.25, 0.3) is 0 Å². The van der Waals surface area contributed by atoms with Crippen LogP contribution in [0, 0.1) is 6.92 Å². The van der Waals surface area contributed by atoms with Gasteiger partial charge in [0.25, 0.3) is 0 Å². The maximum absolute atomic E-state index is 12.8. The summed E-state index contributed by atoms with van der Waals surface area (Å²) in [6.45, 7) is 3.87. The van der Waals surface area contributed by atoms with E-state index >= 15 is 0 Å². The zero-order chi connectivity index (χ0) is 23.4. The lowest BCUT2D eigenvalue weighted by molar-refractivity contribution is -0.0544. The number of carbonyl (C=O) groups is 1. The Morgan fingerprint density at radius 2 is 1.71 bits per heavy atom. The monoisotopic (exact) mass is 455 g/mol. The van der Waals surface area contributed by atoms with Crippen molar-refractivity contribution in [3.63, 3.8) is 0 Å². The number of anilines is 1. The number of carbonyl (C=O) groups excluding carboxylic acids is 1. The van der Waals surface area contributed by atoms with Crippen LogP contribution in [0.2, 0.25) is 0 Å². The quantitative estimate of drug-likeness (QED) is 0.532. The number of hydrogen-bond acceptors (Lipinski definition) is 4. The molecule has 2 amide bonds. The Hall–Kier alpha value is -3.80. The summed E-state index contributed by atoms with van der Waals surface area (Å²) >= 11 is 0. The molecule has 1 N–H and O–H groups in total. The Bertz CT molecular complexity index is 1150. The molecule has 0 atom stereocenters. The first kappa shape index (κ1) is 22.0. The highest BCUT2D eigenvalue weighted by Crippen LogP contribution is 2.36. The molecule has 0 aromatic heterocycles. The number of urea groups is 1. The Kier molecular flexibility index (Phi) is 6.21. The van der Waals surface area contributed by atoms with E-state index in [0.717, 1.165) is 47.5 Å². The van der Waals surface area contributed by atoms with Crippen LogP contribution < -0.4 is 10.1 Å². The fraction of sp³-hybridized carbons (Fsp3) is 0.286. The van der Waals surface area contributed by atoms with Crippen LogP contribution in [0.15, 0.2) is 84.0 Å². The molecule has 34 heavy (non-hydrogen) atoms. The average Bonchev–Trinajstić information content (AvgIpc) is 3.28. The highest BCUT2D eigenvalue weighted by atomic mass is 16.7. The van der Waals surface area contributed by atoms with Gasteiger partial charge in [0.2, 0.25) is 0 Å². The van der Waals surface area contributed by atoms with Crippen molar-refractivity contribution >= 4 is 17.4 Å². The molecule has 3 aromatic rings. The molecule has 2 aliphatic heterocycles. The molecule has 1 spiro atoms. The second-order valence-corrected chi connectivity index (χ2v) is 9.07. The third kappa shape index (κ3) is 5.06. The van der Waals surface area contributed by atoms with Gasteiger partial charge in [0.05, 0.1) is 5.71 Å². The lowest BCUT2D eigenvalue weighted by atomic mass is 9.85. The van der Waals surface area contributed by atoms with E-state index in [0.29, 0.717) is 19.7 Å². The molecule has 6 nitrogen and oxygen atoms in total. The van der Waals surface area contributed by atoms with E-state index in [1.807, 2.05) is 59.5 Å². The number of likely N-dealkylation sites (tertiary alicyclic amines) is 1. The number of aryl methyl sites for hydroxylation is 1. The van der Waals surface area contributed by atoms with Crippen LogP contribution in [0.5, 0.6) is 5.75 Å². The molecule has 0 unspecified atom stereocenters. The van der Waals surface area contributed by atoms with Gasteiger partial charge in [-0.1, -0.05) is 65.3 Å². The van der Waals surface area contributed by atoms with Gasteiger partial charge in [-0.25, -0.2) is 4.79 Å². The highest BCUT2D eigenvalue weighted by molar-refractivity contribution is 6.01. The zero-order valence-electron chi connectivity index (χ0n) is 19.4. The number of ether oxygens (including phenoxy) is 1. The van der Waals surface area contributed by atoms with Crippen molar-refractivity contribution in [1.29, 1.82) is 0 Å². The summed E-state index contributed by atoms with van der Waals surface area (Å²) in [5.74, 6) is 0.768. The van der Waals surface area contributed by atoms with Gasteiger partial charge in [-0.2, -0.15) is 0 Å². The molecule has 0 saturated carbocycles. The van der Waals surface area contributed by atoms with Gasteiger partial charge in [0.1, 0.15) is 18.0 Å². The van der Waals surface area contributed by atoms with Crippen LogP contribution in [0.1, 0.15) is 36.0 Å². The summed E-state index contributed by atoms with van der Waals surface area (Å²) in [4.78, 5) is 20.6. The number of rotatable bonds is 5. The molecule has 174 valence electrons. The second kappa shape index (κ2) is 9.59. The first-order valence-corrected chi connectivity index (χ1v) is 11.7. The van der Waals surface area contributed by atoms with Crippen molar-refractivity contribution in [3.05, 3.63) is 95.6 Å². The van der Waals surface area contributed by atoms with E-state index in [2.05, 4.69) is 41.7 Å². The maximum atomic E-state index is 12.8. The minimum Gasteiger partial charge on any atom is -0.489 e. The van der Waals surface area contributed by atoms with Crippen LogP contribution in [0.3, 0.4) is 0 Å². The minimum atomic E-state index is -0.297. The molecule has 3 aromatic carbocycles. The van der Waals surface area contributed by atoms with Crippen molar-refractivity contribution < 1.29 is 14.4 Å². The summed E-state index contributed by atoms with van der Waals surface area (Å²) < 4.78 is 5.82. The fourth-order valence-electron chi connectivity index (χ4n) is 4.39. The highest BCUT2D eigenvalue weighted by Gasteiger charge is 2.43. The van der Waals surface area contributed by atoms with Gasteiger partial charge >= 0.3 is 6.03 Å². The standard InChI is InChI=1S/C28H29N3O3/c1-21-7-9-23(10-8-21)26-19-28(34-30-26)15-17-31(18-16-28)27(32)29-24-11-13-25(14-12-24)33-20-22-5-3-2-4-6-22/h2-14H,15-20H2,1H3,(H,29,32). The number of benzene rings is 3. The van der Waals surface area contributed by atoms with Crippen LogP contribution in [-0.4, -0.2) is 35.3 Å². The van der Waals surface area contributed by atoms with Crippen molar-refractivity contribution in [2.24, 2.45) is 5.16 Å². The summed E-state index contributed by atoms with van der Waals surface area (Å²) in [5, 5.41) is 7.37. The molecule has 6 heteroatoms. The molecule has 2 heterocycles. The largest absolute Gasteiger partial charge is 0.489 e. The number of piperidine rings is 1. The number of nitrogens with one attached hydrogen (secondary N) is 1. The van der Waals surface area contributed by atoms with Crippen molar-refractivity contribution in [1.82, 2.24) is 4.90 Å². The van der Waals surface area contributed by atoms with Crippen LogP contribution >= 0.6 is 0 Å². The van der Waals surface area contributed by atoms with E-state index in [1.54, 1.807) is 0 Å². The SMILES string of the molecule is Cc1ccc(C2=NOC3(CCN(C(=O)Nc4ccc(OCc5ccccc5)cc4)CC3)C2)cc1.